The molecule has 2 amide bonds. The molecule has 172 valence electrons. The number of likely N-dealkylation sites (N-methyl/N-ethyl adjacent to an activating group) is 1. The first-order valence-corrected chi connectivity index (χ1v) is 11.3. The number of benzene rings is 2. The number of nitrogens with two attached hydrogens (primary N) is 1. The molecule has 0 atom stereocenters. The number of nitrogen functional groups attached to an aromatic ring is 1. The molecule has 0 unspecified atom stereocenters. The van der Waals surface area contributed by atoms with E-state index in [1.165, 1.54) is 0 Å². The molecule has 0 radical (unpaired) electrons. The number of unbranched alkanes of at least 4 members (excludes halogenated alkanes) is 2. The Bertz CT molecular complexity index is 892. The van der Waals surface area contributed by atoms with Crippen molar-refractivity contribution < 1.29 is 14.3 Å². The van der Waals surface area contributed by atoms with Crippen LogP contribution in [0.15, 0.2) is 48.5 Å². The molecule has 0 aromatic heterocycles. The zero-order valence-electron chi connectivity index (χ0n) is 19.1. The largest absolute Gasteiger partial charge is 0.491 e. The first-order chi connectivity index (χ1) is 15.5. The molecule has 2 aromatic carbocycles. The van der Waals surface area contributed by atoms with Crippen molar-refractivity contribution in [3.63, 3.8) is 0 Å². The van der Waals surface area contributed by atoms with Gasteiger partial charge in [-0.25, -0.2) is 0 Å². The van der Waals surface area contributed by atoms with Gasteiger partial charge in [0.1, 0.15) is 5.75 Å². The van der Waals surface area contributed by atoms with E-state index < -0.39 is 0 Å². The third kappa shape index (κ3) is 6.47. The Morgan fingerprint density at radius 1 is 0.969 bits per heavy atom. The fraction of sp³-hybridized carbons (Fsp3) is 0.440. The number of amides is 2. The van der Waals surface area contributed by atoms with Crippen LogP contribution in [-0.2, 0) is 4.79 Å². The maximum Gasteiger partial charge on any atom is 0.258 e. The van der Waals surface area contributed by atoms with E-state index in [0.29, 0.717) is 30.0 Å². The summed E-state index contributed by atoms with van der Waals surface area (Å²) >= 11 is 0. The molecule has 1 aliphatic rings. The number of hydrogen-bond donors (Lipinski definition) is 1. The highest BCUT2D eigenvalue weighted by Gasteiger charge is 2.19. The number of hydrogen-bond acceptors (Lipinski definition) is 5. The molecule has 1 aliphatic heterocycles. The lowest BCUT2D eigenvalue weighted by molar-refractivity contribution is -0.132. The highest BCUT2D eigenvalue weighted by molar-refractivity contribution is 6.06. The predicted octanol–water partition coefficient (Wildman–Crippen LogP) is 3.26. The van der Waals surface area contributed by atoms with Gasteiger partial charge in [0.15, 0.2) is 0 Å². The van der Waals surface area contributed by atoms with Crippen molar-refractivity contribution in [3.05, 3.63) is 54.1 Å². The summed E-state index contributed by atoms with van der Waals surface area (Å²) in [5, 5.41) is 0. The van der Waals surface area contributed by atoms with Crippen LogP contribution < -0.4 is 15.4 Å². The SMILES string of the molecule is CN1CCN(C(=O)CCCCCOc2ccccc2N(C)C(=O)c2ccc(N)cc2)CC1. The van der Waals surface area contributed by atoms with Crippen LogP contribution in [0.25, 0.3) is 0 Å². The Labute approximate surface area is 190 Å². The number of anilines is 2. The number of carbonyl (C=O) groups is 2. The van der Waals surface area contributed by atoms with Crippen LogP contribution in [-0.4, -0.2) is 68.5 Å². The average molecular weight is 439 g/mol. The van der Waals surface area contributed by atoms with Crippen LogP contribution in [0.3, 0.4) is 0 Å². The Balaban J connectivity index is 1.43. The van der Waals surface area contributed by atoms with Gasteiger partial charge >= 0.3 is 0 Å². The van der Waals surface area contributed by atoms with Crippen LogP contribution in [0.1, 0.15) is 36.0 Å². The van der Waals surface area contributed by atoms with Crippen molar-refractivity contribution in [1.82, 2.24) is 9.80 Å². The second-order valence-electron chi connectivity index (χ2n) is 8.30. The van der Waals surface area contributed by atoms with Gasteiger partial charge in [-0.05, 0) is 62.7 Å². The predicted molar refractivity (Wildman–Crippen MR) is 128 cm³/mol. The van der Waals surface area contributed by atoms with Gasteiger partial charge in [-0.2, -0.15) is 0 Å². The molecular weight excluding hydrogens is 404 g/mol. The maximum absolute atomic E-state index is 12.8. The summed E-state index contributed by atoms with van der Waals surface area (Å²) in [5.74, 6) is 0.808. The summed E-state index contributed by atoms with van der Waals surface area (Å²) in [6.07, 6.45) is 3.26. The Morgan fingerprint density at radius 2 is 1.66 bits per heavy atom. The van der Waals surface area contributed by atoms with Crippen molar-refractivity contribution in [2.24, 2.45) is 0 Å². The van der Waals surface area contributed by atoms with Gasteiger partial charge in [0.25, 0.3) is 5.91 Å². The van der Waals surface area contributed by atoms with Gasteiger partial charge in [0.2, 0.25) is 5.91 Å². The van der Waals surface area contributed by atoms with Crippen LogP contribution in [0.5, 0.6) is 5.75 Å². The number of piperazine rings is 1. The molecule has 1 saturated heterocycles. The average Bonchev–Trinajstić information content (AvgIpc) is 2.81. The van der Waals surface area contributed by atoms with Gasteiger partial charge in [-0.15, -0.1) is 0 Å². The van der Waals surface area contributed by atoms with Crippen LogP contribution in [0.4, 0.5) is 11.4 Å². The van der Waals surface area contributed by atoms with E-state index in [-0.39, 0.29) is 11.8 Å². The lowest BCUT2D eigenvalue weighted by atomic mass is 10.1. The second-order valence-corrected chi connectivity index (χ2v) is 8.30. The molecule has 0 aliphatic carbocycles. The summed E-state index contributed by atoms with van der Waals surface area (Å²) in [7, 11) is 3.83. The van der Waals surface area contributed by atoms with E-state index in [0.717, 1.165) is 51.1 Å². The second kappa shape index (κ2) is 11.5. The van der Waals surface area contributed by atoms with Crippen molar-refractivity contribution in [2.75, 3.05) is 57.5 Å². The van der Waals surface area contributed by atoms with Crippen LogP contribution >= 0.6 is 0 Å². The third-order valence-corrected chi connectivity index (χ3v) is 5.84. The van der Waals surface area contributed by atoms with Crippen LogP contribution in [0, 0.1) is 0 Å². The van der Waals surface area contributed by atoms with Gasteiger partial charge < -0.3 is 25.2 Å². The minimum absolute atomic E-state index is 0.122. The number of para-hydroxylation sites is 2. The van der Waals surface area contributed by atoms with E-state index in [1.807, 2.05) is 29.2 Å². The van der Waals surface area contributed by atoms with E-state index in [9.17, 15) is 9.59 Å². The zero-order chi connectivity index (χ0) is 22.9. The van der Waals surface area contributed by atoms with Crippen molar-refractivity contribution in [3.8, 4) is 5.75 Å². The molecule has 1 heterocycles. The molecule has 0 bridgehead atoms. The summed E-state index contributed by atoms with van der Waals surface area (Å²) in [4.78, 5) is 31.0. The Hall–Kier alpha value is -3.06. The lowest BCUT2D eigenvalue weighted by Crippen LogP contribution is -2.47. The minimum atomic E-state index is -0.122. The standard InChI is InChI=1S/C25H34N4O3/c1-27-15-17-29(18-16-27)24(30)10-4-3-7-19-32-23-9-6-5-8-22(23)28(2)25(31)20-11-13-21(26)14-12-20/h5-6,8-9,11-14H,3-4,7,10,15-19,26H2,1-2H3. The van der Waals surface area contributed by atoms with Crippen LogP contribution in [0.2, 0.25) is 0 Å². The summed E-state index contributed by atoms with van der Waals surface area (Å²) in [6, 6.07) is 14.4. The van der Waals surface area contributed by atoms with E-state index in [4.69, 9.17) is 10.5 Å². The molecule has 1 fully saturated rings. The van der Waals surface area contributed by atoms with E-state index in [1.54, 1.807) is 36.2 Å². The van der Waals surface area contributed by atoms with Crippen molar-refractivity contribution >= 4 is 23.2 Å². The number of carbonyl (C=O) groups excluding carboxylic acids is 2. The summed E-state index contributed by atoms with van der Waals surface area (Å²) < 4.78 is 5.98. The molecule has 2 N–H and O–H groups in total. The molecule has 7 heteroatoms. The number of nitrogens with zero attached hydrogens (tertiary/aromatic N) is 3. The van der Waals surface area contributed by atoms with Gasteiger partial charge in [0.05, 0.1) is 12.3 Å². The van der Waals surface area contributed by atoms with Gasteiger partial charge in [-0.1, -0.05) is 12.1 Å². The van der Waals surface area contributed by atoms with E-state index >= 15 is 0 Å². The highest BCUT2D eigenvalue weighted by atomic mass is 16.5. The maximum atomic E-state index is 12.8. The van der Waals surface area contributed by atoms with E-state index in [2.05, 4.69) is 11.9 Å². The molecular formula is C25H34N4O3. The topological polar surface area (TPSA) is 79.1 Å². The Kier molecular flexibility index (Phi) is 8.50. The fourth-order valence-corrected chi connectivity index (χ4v) is 3.74. The lowest BCUT2D eigenvalue weighted by Gasteiger charge is -2.32. The monoisotopic (exact) mass is 438 g/mol. The fourth-order valence-electron chi connectivity index (χ4n) is 3.74. The minimum Gasteiger partial charge on any atom is -0.491 e. The normalized spacial score (nSPS) is 14.2. The summed E-state index contributed by atoms with van der Waals surface area (Å²) in [5.41, 5.74) is 7.64. The zero-order valence-corrected chi connectivity index (χ0v) is 19.1. The summed E-state index contributed by atoms with van der Waals surface area (Å²) in [6.45, 7) is 4.11. The van der Waals surface area contributed by atoms with Gasteiger partial charge in [-0.3, -0.25) is 9.59 Å². The molecule has 0 saturated carbocycles. The molecule has 32 heavy (non-hydrogen) atoms. The van der Waals surface area contributed by atoms with Crippen molar-refractivity contribution in [2.45, 2.75) is 25.7 Å². The van der Waals surface area contributed by atoms with Crippen molar-refractivity contribution in [1.29, 1.82) is 0 Å². The molecule has 7 nitrogen and oxygen atoms in total. The molecule has 2 aromatic rings. The Morgan fingerprint density at radius 3 is 2.38 bits per heavy atom. The third-order valence-electron chi connectivity index (χ3n) is 5.84. The smallest absolute Gasteiger partial charge is 0.258 e. The first kappa shape index (κ1) is 23.6. The first-order valence-electron chi connectivity index (χ1n) is 11.3. The highest BCUT2D eigenvalue weighted by Crippen LogP contribution is 2.28. The molecule has 0 spiro atoms. The molecule has 3 rings (SSSR count). The number of rotatable bonds is 9. The number of ether oxygens (including phenoxy) is 1. The quantitative estimate of drug-likeness (QED) is 0.480. The van der Waals surface area contributed by atoms with Gasteiger partial charge in [0, 0.05) is 50.9 Å².